The van der Waals surface area contributed by atoms with Gasteiger partial charge in [-0.15, -0.1) is 0 Å². The number of amides is 4. The van der Waals surface area contributed by atoms with Crippen molar-refractivity contribution in [3.05, 3.63) is 29.8 Å². The van der Waals surface area contributed by atoms with Gasteiger partial charge >= 0.3 is 0 Å². The summed E-state index contributed by atoms with van der Waals surface area (Å²) in [6.45, 7) is 4.36. The number of benzene rings is 1. The van der Waals surface area contributed by atoms with Crippen LogP contribution in [0.1, 0.15) is 51.0 Å². The molecule has 1 heterocycles. The van der Waals surface area contributed by atoms with E-state index in [1.165, 1.54) is 9.80 Å². The average Bonchev–Trinajstić information content (AvgIpc) is 2.98. The van der Waals surface area contributed by atoms with E-state index >= 15 is 0 Å². The summed E-state index contributed by atoms with van der Waals surface area (Å²) in [5, 5.41) is 2.85. The fourth-order valence-electron chi connectivity index (χ4n) is 4.45. The number of likely N-dealkylation sites (tertiary alicyclic amines) is 1. The first kappa shape index (κ1) is 22.0. The van der Waals surface area contributed by atoms with Crippen LogP contribution in [0.5, 0.6) is 0 Å². The summed E-state index contributed by atoms with van der Waals surface area (Å²) in [6.07, 6.45) is 4.26. The van der Waals surface area contributed by atoms with E-state index in [4.69, 9.17) is 0 Å². The number of rotatable bonds is 8. The van der Waals surface area contributed by atoms with E-state index in [-0.39, 0.29) is 55.0 Å². The highest BCUT2D eigenvalue weighted by molar-refractivity contribution is 6.05. The molecule has 3 rings (SSSR count). The molecule has 1 aromatic rings. The molecular formula is C23H31N3O4. The van der Waals surface area contributed by atoms with Gasteiger partial charge in [0.25, 0.3) is 0 Å². The largest absolute Gasteiger partial charge is 0.333 e. The van der Waals surface area contributed by atoms with Crippen LogP contribution >= 0.6 is 0 Å². The summed E-state index contributed by atoms with van der Waals surface area (Å²) >= 11 is 0. The third kappa shape index (κ3) is 4.89. The van der Waals surface area contributed by atoms with Crippen molar-refractivity contribution in [2.24, 2.45) is 11.8 Å². The van der Waals surface area contributed by atoms with Crippen LogP contribution in [0, 0.1) is 18.8 Å². The number of imide groups is 1. The van der Waals surface area contributed by atoms with Crippen LogP contribution in [0.15, 0.2) is 24.3 Å². The van der Waals surface area contributed by atoms with Gasteiger partial charge in [-0.25, -0.2) is 0 Å². The second-order valence-corrected chi connectivity index (χ2v) is 8.25. The molecule has 2 unspecified atom stereocenters. The molecule has 1 aromatic carbocycles. The number of anilines is 1. The van der Waals surface area contributed by atoms with Crippen molar-refractivity contribution >= 4 is 29.3 Å². The molecule has 7 nitrogen and oxygen atoms in total. The summed E-state index contributed by atoms with van der Waals surface area (Å²) in [7, 11) is 0. The number of nitrogens with zero attached hydrogens (tertiary/aromatic N) is 2. The van der Waals surface area contributed by atoms with Gasteiger partial charge in [0.2, 0.25) is 23.6 Å². The SMILES string of the molecule is CCCN(CC(=O)Nc1ccccc1C)C(=O)CCN1C(=O)C2CCCCC2C1=O. The van der Waals surface area contributed by atoms with E-state index in [0.717, 1.165) is 43.4 Å². The molecule has 0 aromatic heterocycles. The number of nitrogens with one attached hydrogen (secondary N) is 1. The molecule has 0 spiro atoms. The molecule has 2 fully saturated rings. The first-order valence-electron chi connectivity index (χ1n) is 10.9. The van der Waals surface area contributed by atoms with Gasteiger partial charge in [0, 0.05) is 25.2 Å². The van der Waals surface area contributed by atoms with Gasteiger partial charge < -0.3 is 10.2 Å². The lowest BCUT2D eigenvalue weighted by Crippen LogP contribution is -2.41. The first-order chi connectivity index (χ1) is 14.4. The van der Waals surface area contributed by atoms with Gasteiger partial charge in [0.1, 0.15) is 0 Å². The summed E-state index contributed by atoms with van der Waals surface area (Å²) < 4.78 is 0. The highest BCUT2D eigenvalue weighted by Crippen LogP contribution is 2.38. The Balaban J connectivity index is 1.56. The lowest BCUT2D eigenvalue weighted by Gasteiger charge is -2.23. The average molecular weight is 414 g/mol. The Morgan fingerprint density at radius 2 is 1.73 bits per heavy atom. The zero-order valence-electron chi connectivity index (χ0n) is 17.9. The molecule has 1 saturated heterocycles. The maximum atomic E-state index is 12.8. The highest BCUT2D eigenvalue weighted by atomic mass is 16.2. The molecule has 0 bridgehead atoms. The van der Waals surface area contributed by atoms with Crippen LogP contribution < -0.4 is 5.32 Å². The standard InChI is InChI=1S/C23H31N3O4/c1-3-13-25(15-20(27)24-19-11-7-4-8-16(19)2)21(28)12-14-26-22(29)17-9-5-6-10-18(17)23(26)30/h4,7-8,11,17-18H,3,5-6,9-10,12-15H2,1-2H3,(H,24,27). The minimum absolute atomic E-state index is 0.0475. The van der Waals surface area contributed by atoms with Gasteiger partial charge in [-0.3, -0.25) is 24.1 Å². The minimum Gasteiger partial charge on any atom is -0.333 e. The number of carbonyl (C=O) groups is 4. The van der Waals surface area contributed by atoms with Crippen LogP contribution in [0.25, 0.3) is 0 Å². The number of hydrogen-bond acceptors (Lipinski definition) is 4. The van der Waals surface area contributed by atoms with Gasteiger partial charge in [0.15, 0.2) is 0 Å². The smallest absolute Gasteiger partial charge is 0.244 e. The van der Waals surface area contributed by atoms with Crippen molar-refractivity contribution < 1.29 is 19.2 Å². The summed E-state index contributed by atoms with van der Waals surface area (Å²) in [6, 6.07) is 7.48. The minimum atomic E-state index is -0.259. The molecule has 0 radical (unpaired) electrons. The molecule has 30 heavy (non-hydrogen) atoms. The van der Waals surface area contributed by atoms with E-state index in [0.29, 0.717) is 6.54 Å². The normalized spacial score (nSPS) is 20.8. The molecule has 2 aliphatic rings. The lowest BCUT2D eigenvalue weighted by molar-refractivity contribution is -0.141. The number of para-hydroxylation sites is 1. The summed E-state index contributed by atoms with van der Waals surface area (Å²) in [4.78, 5) is 53.2. The van der Waals surface area contributed by atoms with E-state index in [1.807, 2.05) is 38.1 Å². The number of aryl methyl sites for hydroxylation is 1. The summed E-state index contributed by atoms with van der Waals surface area (Å²) in [5.41, 5.74) is 1.68. The van der Waals surface area contributed by atoms with E-state index in [1.54, 1.807) is 0 Å². The van der Waals surface area contributed by atoms with Crippen LogP contribution in [0.2, 0.25) is 0 Å². The second-order valence-electron chi connectivity index (χ2n) is 8.25. The topological polar surface area (TPSA) is 86.8 Å². The van der Waals surface area contributed by atoms with Crippen molar-refractivity contribution in [3.63, 3.8) is 0 Å². The molecule has 2 atom stereocenters. The Hall–Kier alpha value is -2.70. The van der Waals surface area contributed by atoms with Crippen LogP contribution in [-0.4, -0.2) is 53.1 Å². The second kappa shape index (κ2) is 9.87. The van der Waals surface area contributed by atoms with E-state index in [2.05, 4.69) is 5.32 Å². The quantitative estimate of drug-likeness (QED) is 0.664. The van der Waals surface area contributed by atoms with Gasteiger partial charge in [0.05, 0.1) is 18.4 Å². The van der Waals surface area contributed by atoms with Crippen molar-refractivity contribution in [2.75, 3.05) is 25.0 Å². The molecular weight excluding hydrogens is 382 g/mol. The first-order valence-corrected chi connectivity index (χ1v) is 10.9. The van der Waals surface area contributed by atoms with Crippen LogP contribution in [0.3, 0.4) is 0 Å². The molecule has 7 heteroatoms. The third-order valence-electron chi connectivity index (χ3n) is 6.08. The van der Waals surface area contributed by atoms with Crippen molar-refractivity contribution in [1.29, 1.82) is 0 Å². The van der Waals surface area contributed by atoms with Crippen molar-refractivity contribution in [1.82, 2.24) is 9.80 Å². The van der Waals surface area contributed by atoms with E-state index in [9.17, 15) is 19.2 Å². The fraction of sp³-hybridized carbons (Fsp3) is 0.565. The molecule has 1 aliphatic heterocycles. The Labute approximate surface area is 177 Å². The highest BCUT2D eigenvalue weighted by Gasteiger charge is 2.47. The monoisotopic (exact) mass is 413 g/mol. The van der Waals surface area contributed by atoms with Crippen LogP contribution in [0.4, 0.5) is 5.69 Å². The molecule has 1 aliphatic carbocycles. The number of carbonyl (C=O) groups excluding carboxylic acids is 4. The van der Waals surface area contributed by atoms with Crippen molar-refractivity contribution in [3.8, 4) is 0 Å². The van der Waals surface area contributed by atoms with E-state index < -0.39 is 0 Å². The number of fused-ring (bicyclic) bond motifs is 1. The van der Waals surface area contributed by atoms with Gasteiger partial charge in [-0.1, -0.05) is 38.0 Å². The molecule has 162 valence electrons. The third-order valence-corrected chi connectivity index (χ3v) is 6.08. The predicted octanol–water partition coefficient (Wildman–Crippen LogP) is 2.74. The fourth-order valence-corrected chi connectivity index (χ4v) is 4.45. The van der Waals surface area contributed by atoms with Crippen LogP contribution in [-0.2, 0) is 19.2 Å². The molecule has 4 amide bonds. The maximum Gasteiger partial charge on any atom is 0.244 e. The lowest BCUT2D eigenvalue weighted by atomic mass is 9.81. The molecule has 1 saturated carbocycles. The molecule has 1 N–H and O–H groups in total. The zero-order chi connectivity index (χ0) is 21.7. The predicted molar refractivity (Wildman–Crippen MR) is 113 cm³/mol. The Morgan fingerprint density at radius 1 is 1.10 bits per heavy atom. The van der Waals surface area contributed by atoms with Gasteiger partial charge in [-0.05, 0) is 37.8 Å². The maximum absolute atomic E-state index is 12.8. The van der Waals surface area contributed by atoms with Crippen molar-refractivity contribution in [2.45, 2.75) is 52.4 Å². The number of hydrogen-bond donors (Lipinski definition) is 1. The Bertz CT molecular complexity index is 798. The Kier molecular flexibility index (Phi) is 7.24. The van der Waals surface area contributed by atoms with Gasteiger partial charge in [-0.2, -0.15) is 0 Å². The Morgan fingerprint density at radius 3 is 2.33 bits per heavy atom. The zero-order valence-corrected chi connectivity index (χ0v) is 17.9. The summed E-state index contributed by atoms with van der Waals surface area (Å²) in [5.74, 6) is -1.13.